The fourth-order valence-corrected chi connectivity index (χ4v) is 3.10. The van der Waals surface area contributed by atoms with Crippen LogP contribution in [0.3, 0.4) is 0 Å². The normalized spacial score (nSPS) is 16.2. The highest BCUT2D eigenvalue weighted by atomic mass is 32.2. The fraction of sp³-hybridized carbons (Fsp3) is 0.500. The molecule has 0 radical (unpaired) electrons. The van der Waals surface area contributed by atoms with Crippen molar-refractivity contribution >= 4 is 16.0 Å². The van der Waals surface area contributed by atoms with Gasteiger partial charge < -0.3 is 10.2 Å². The van der Waals surface area contributed by atoms with Crippen LogP contribution < -0.4 is 10.0 Å². The average Bonchev–Trinajstić information content (AvgIpc) is 2.49. The van der Waals surface area contributed by atoms with Crippen molar-refractivity contribution in [1.82, 2.24) is 19.8 Å². The van der Waals surface area contributed by atoms with E-state index in [1.54, 1.807) is 30.3 Å². The van der Waals surface area contributed by atoms with Crippen LogP contribution in [0.2, 0.25) is 0 Å². The van der Waals surface area contributed by atoms with Gasteiger partial charge in [0.15, 0.2) is 0 Å². The zero-order chi connectivity index (χ0) is 16.0. The maximum atomic E-state index is 12.2. The number of benzene rings is 1. The molecule has 2 N–H and O–H groups in total. The number of rotatable bonds is 6. The van der Waals surface area contributed by atoms with Gasteiger partial charge in [0.1, 0.15) is 0 Å². The summed E-state index contributed by atoms with van der Waals surface area (Å²) in [7, 11) is 0.515. The lowest BCUT2D eigenvalue weighted by molar-refractivity contribution is 0.246. The minimum absolute atomic E-state index is 0.230. The van der Waals surface area contributed by atoms with E-state index in [4.69, 9.17) is 0 Å². The first-order valence-corrected chi connectivity index (χ1v) is 8.69. The summed E-state index contributed by atoms with van der Waals surface area (Å²) in [5.74, 6) is 0.299. The number of hydrogen-bond acceptors (Lipinski definition) is 6. The summed E-state index contributed by atoms with van der Waals surface area (Å²) in [5.41, 5.74) is 0. The maximum Gasteiger partial charge on any atom is 0.264 e. The summed E-state index contributed by atoms with van der Waals surface area (Å²) < 4.78 is 26.8. The molecule has 22 heavy (non-hydrogen) atoms. The standard InChI is InChI=1S/C14H23N5O2S/c1-18(2)9-6-10-19-11-15-14(16-12-19)17-22(20,21)13-7-4-3-5-8-13/h3-5,7-8H,6,9-12H2,1-2H3,(H2,15,16,17). The molecule has 8 heteroatoms. The molecule has 0 spiro atoms. The van der Waals surface area contributed by atoms with Crippen molar-refractivity contribution in [1.29, 1.82) is 0 Å². The molecule has 1 aromatic rings. The Morgan fingerprint density at radius 1 is 1.32 bits per heavy atom. The highest BCUT2D eigenvalue weighted by Crippen LogP contribution is 2.07. The van der Waals surface area contributed by atoms with Crippen LogP contribution in [-0.4, -0.2) is 64.7 Å². The van der Waals surface area contributed by atoms with Gasteiger partial charge in [-0.05, 0) is 39.2 Å². The highest BCUT2D eigenvalue weighted by Gasteiger charge is 2.18. The molecular formula is C14H23N5O2S. The molecular weight excluding hydrogens is 302 g/mol. The van der Waals surface area contributed by atoms with Crippen LogP contribution in [0, 0.1) is 0 Å². The Hall–Kier alpha value is -1.64. The van der Waals surface area contributed by atoms with Crippen molar-refractivity contribution in [2.45, 2.75) is 11.3 Å². The van der Waals surface area contributed by atoms with Gasteiger partial charge in [0.2, 0.25) is 5.96 Å². The van der Waals surface area contributed by atoms with E-state index < -0.39 is 10.0 Å². The third kappa shape index (κ3) is 4.97. The largest absolute Gasteiger partial charge is 0.343 e. The summed E-state index contributed by atoms with van der Waals surface area (Å²) in [6.45, 7) is 3.03. The first-order valence-electron chi connectivity index (χ1n) is 7.20. The van der Waals surface area contributed by atoms with Gasteiger partial charge in [-0.3, -0.25) is 4.90 Å². The minimum atomic E-state index is -3.57. The van der Waals surface area contributed by atoms with Crippen LogP contribution in [0.4, 0.5) is 0 Å². The molecule has 0 saturated carbocycles. The lowest BCUT2D eigenvalue weighted by Crippen LogP contribution is -2.50. The number of nitrogens with zero attached hydrogens (tertiary/aromatic N) is 3. The van der Waals surface area contributed by atoms with Crippen molar-refractivity contribution < 1.29 is 8.42 Å². The van der Waals surface area contributed by atoms with Crippen LogP contribution >= 0.6 is 0 Å². The molecule has 0 aromatic heterocycles. The number of sulfonamides is 1. The molecule has 0 unspecified atom stereocenters. The van der Waals surface area contributed by atoms with Gasteiger partial charge in [0.05, 0.1) is 18.2 Å². The summed E-state index contributed by atoms with van der Waals surface area (Å²) in [6.07, 6.45) is 1.05. The predicted octanol–water partition coefficient (Wildman–Crippen LogP) is 0.0928. The molecule has 2 rings (SSSR count). The first kappa shape index (κ1) is 16.7. The van der Waals surface area contributed by atoms with Gasteiger partial charge in [0, 0.05) is 6.54 Å². The monoisotopic (exact) mass is 325 g/mol. The predicted molar refractivity (Wildman–Crippen MR) is 86.9 cm³/mol. The van der Waals surface area contributed by atoms with E-state index in [2.05, 4.69) is 24.8 Å². The molecule has 1 heterocycles. The second-order valence-electron chi connectivity index (χ2n) is 5.45. The molecule has 0 atom stereocenters. The van der Waals surface area contributed by atoms with E-state index in [-0.39, 0.29) is 4.90 Å². The Morgan fingerprint density at radius 2 is 2.05 bits per heavy atom. The quantitative estimate of drug-likeness (QED) is 0.775. The Bertz CT molecular complexity index is 601. The number of guanidine groups is 1. The van der Waals surface area contributed by atoms with Crippen LogP contribution in [0.15, 0.2) is 40.2 Å². The Balaban J connectivity index is 1.86. The van der Waals surface area contributed by atoms with Gasteiger partial charge in [0.25, 0.3) is 10.0 Å². The van der Waals surface area contributed by atoms with Crippen molar-refractivity contribution in [3.63, 3.8) is 0 Å². The summed E-state index contributed by atoms with van der Waals surface area (Å²) in [6, 6.07) is 8.27. The topological polar surface area (TPSA) is 77.0 Å². The first-order chi connectivity index (χ1) is 10.5. The third-order valence-corrected chi connectivity index (χ3v) is 4.62. The van der Waals surface area contributed by atoms with Crippen LogP contribution in [0.1, 0.15) is 6.42 Å². The number of nitrogens with one attached hydrogen (secondary N) is 2. The molecule has 122 valence electrons. The van der Waals surface area contributed by atoms with E-state index in [1.165, 1.54) is 0 Å². The van der Waals surface area contributed by atoms with Crippen molar-refractivity contribution in [2.75, 3.05) is 40.5 Å². The zero-order valence-corrected chi connectivity index (χ0v) is 13.8. The van der Waals surface area contributed by atoms with Crippen molar-refractivity contribution in [3.8, 4) is 0 Å². The Kier molecular flexibility index (Phi) is 5.76. The molecule has 0 bridgehead atoms. The molecule has 0 aliphatic carbocycles. The minimum Gasteiger partial charge on any atom is -0.343 e. The van der Waals surface area contributed by atoms with Gasteiger partial charge in [-0.1, -0.05) is 18.2 Å². The number of aliphatic imine (C=N–C) groups is 1. The summed E-state index contributed by atoms with van der Waals surface area (Å²) >= 11 is 0. The SMILES string of the molecule is CN(C)CCCN1CN=C(NS(=O)(=O)c2ccccc2)NC1. The van der Waals surface area contributed by atoms with Crippen molar-refractivity contribution in [2.24, 2.45) is 4.99 Å². The Labute approximate surface area is 132 Å². The van der Waals surface area contributed by atoms with Crippen molar-refractivity contribution in [3.05, 3.63) is 30.3 Å². The molecule has 0 amide bonds. The third-order valence-electron chi connectivity index (χ3n) is 3.26. The lowest BCUT2D eigenvalue weighted by Gasteiger charge is -2.27. The van der Waals surface area contributed by atoms with Gasteiger partial charge >= 0.3 is 0 Å². The van der Waals surface area contributed by atoms with Crippen LogP contribution in [-0.2, 0) is 10.0 Å². The van der Waals surface area contributed by atoms with E-state index in [0.717, 1.165) is 19.5 Å². The molecule has 1 aliphatic rings. The smallest absolute Gasteiger partial charge is 0.264 e. The fourth-order valence-electron chi connectivity index (χ4n) is 2.08. The van der Waals surface area contributed by atoms with Crippen LogP contribution in [0.5, 0.6) is 0 Å². The van der Waals surface area contributed by atoms with Gasteiger partial charge in [-0.25, -0.2) is 18.1 Å². The van der Waals surface area contributed by atoms with E-state index in [1.807, 2.05) is 14.1 Å². The average molecular weight is 325 g/mol. The zero-order valence-electron chi connectivity index (χ0n) is 13.0. The molecule has 7 nitrogen and oxygen atoms in total. The summed E-state index contributed by atoms with van der Waals surface area (Å²) in [4.78, 5) is 8.74. The molecule has 0 fully saturated rings. The Morgan fingerprint density at radius 3 is 2.64 bits per heavy atom. The molecule has 1 aliphatic heterocycles. The maximum absolute atomic E-state index is 12.2. The van der Waals surface area contributed by atoms with Gasteiger partial charge in [-0.2, -0.15) is 0 Å². The number of hydrogen-bond donors (Lipinski definition) is 2. The van der Waals surface area contributed by atoms with E-state index in [0.29, 0.717) is 19.3 Å². The van der Waals surface area contributed by atoms with E-state index in [9.17, 15) is 8.42 Å². The van der Waals surface area contributed by atoms with Crippen LogP contribution in [0.25, 0.3) is 0 Å². The second kappa shape index (κ2) is 7.57. The highest BCUT2D eigenvalue weighted by molar-refractivity contribution is 7.90. The summed E-state index contributed by atoms with van der Waals surface area (Å²) in [5, 5.41) is 3.01. The van der Waals surface area contributed by atoms with Gasteiger partial charge in [-0.15, -0.1) is 0 Å². The van der Waals surface area contributed by atoms with E-state index >= 15 is 0 Å². The molecule has 1 aromatic carbocycles. The molecule has 0 saturated heterocycles. The lowest BCUT2D eigenvalue weighted by atomic mass is 10.4. The second-order valence-corrected chi connectivity index (χ2v) is 7.14.